The second-order valence-corrected chi connectivity index (χ2v) is 2.93. The summed E-state index contributed by atoms with van der Waals surface area (Å²) in [5.74, 6) is 0. The van der Waals surface area contributed by atoms with Gasteiger partial charge in [-0.2, -0.15) is 0 Å². The van der Waals surface area contributed by atoms with E-state index in [4.69, 9.17) is 14.6 Å². The van der Waals surface area contributed by atoms with Crippen LogP contribution in [-0.4, -0.2) is 36.6 Å². The molecule has 0 aromatic carbocycles. The van der Waals surface area contributed by atoms with E-state index in [0.717, 1.165) is 6.61 Å². The van der Waals surface area contributed by atoms with Crippen molar-refractivity contribution < 1.29 is 14.6 Å². The Balaban J connectivity index is 0.000000112. The standard InChI is InChI=1S/C4H8O2.C4H8O/c1-3-4(2-5)6-3;1-2-4-3-5-4/h3-5H,2H2,1H3;4H,2-3H2,1H3. The van der Waals surface area contributed by atoms with Crippen LogP contribution in [0, 0.1) is 0 Å². The molecule has 3 atom stereocenters. The van der Waals surface area contributed by atoms with Gasteiger partial charge in [-0.3, -0.25) is 0 Å². The fourth-order valence-electron chi connectivity index (χ4n) is 0.726. The van der Waals surface area contributed by atoms with Crippen molar-refractivity contribution in [1.29, 1.82) is 0 Å². The second-order valence-electron chi connectivity index (χ2n) is 2.93. The Morgan fingerprint density at radius 2 is 2.09 bits per heavy atom. The maximum Gasteiger partial charge on any atom is 0.107 e. The quantitative estimate of drug-likeness (QED) is 0.600. The molecule has 0 aromatic heterocycles. The van der Waals surface area contributed by atoms with Crippen molar-refractivity contribution in [2.75, 3.05) is 13.2 Å². The Labute approximate surface area is 67.3 Å². The molecule has 0 spiro atoms. The Kier molecular flexibility index (Phi) is 3.30. The molecular weight excluding hydrogens is 144 g/mol. The molecule has 2 saturated heterocycles. The first-order valence-electron chi connectivity index (χ1n) is 4.15. The number of hydrogen-bond donors (Lipinski definition) is 1. The molecule has 0 amide bonds. The number of ether oxygens (including phenoxy) is 2. The highest BCUT2D eigenvalue weighted by Crippen LogP contribution is 2.18. The highest BCUT2D eigenvalue weighted by Gasteiger charge is 2.32. The average molecular weight is 160 g/mol. The summed E-state index contributed by atoms with van der Waals surface area (Å²) in [7, 11) is 0. The molecular formula is C8H16O3. The maximum atomic E-state index is 8.25. The summed E-state index contributed by atoms with van der Waals surface area (Å²) in [5.41, 5.74) is 0. The largest absolute Gasteiger partial charge is 0.394 e. The smallest absolute Gasteiger partial charge is 0.107 e. The maximum absolute atomic E-state index is 8.25. The zero-order valence-electron chi connectivity index (χ0n) is 7.12. The molecule has 3 nitrogen and oxygen atoms in total. The molecule has 11 heavy (non-hydrogen) atoms. The van der Waals surface area contributed by atoms with E-state index < -0.39 is 0 Å². The molecule has 2 aliphatic heterocycles. The summed E-state index contributed by atoms with van der Waals surface area (Å²) in [6, 6.07) is 0. The monoisotopic (exact) mass is 160 g/mol. The minimum Gasteiger partial charge on any atom is -0.394 e. The first kappa shape index (κ1) is 8.97. The zero-order chi connectivity index (χ0) is 8.27. The van der Waals surface area contributed by atoms with Crippen LogP contribution in [0.4, 0.5) is 0 Å². The van der Waals surface area contributed by atoms with E-state index in [1.807, 2.05) is 6.92 Å². The second kappa shape index (κ2) is 4.04. The zero-order valence-corrected chi connectivity index (χ0v) is 7.12. The van der Waals surface area contributed by atoms with E-state index in [1.54, 1.807) is 0 Å². The van der Waals surface area contributed by atoms with Crippen LogP contribution in [-0.2, 0) is 9.47 Å². The number of hydrogen-bond acceptors (Lipinski definition) is 3. The van der Waals surface area contributed by atoms with Gasteiger partial charge in [-0.05, 0) is 13.3 Å². The molecule has 3 unspecified atom stereocenters. The number of aliphatic hydroxyl groups is 1. The van der Waals surface area contributed by atoms with Gasteiger partial charge in [0.25, 0.3) is 0 Å². The van der Waals surface area contributed by atoms with E-state index in [9.17, 15) is 0 Å². The Morgan fingerprint density at radius 3 is 2.09 bits per heavy atom. The molecule has 2 heterocycles. The van der Waals surface area contributed by atoms with Gasteiger partial charge in [0.1, 0.15) is 6.10 Å². The van der Waals surface area contributed by atoms with E-state index in [-0.39, 0.29) is 12.7 Å². The van der Waals surface area contributed by atoms with Gasteiger partial charge in [-0.1, -0.05) is 6.92 Å². The number of aliphatic hydroxyl groups excluding tert-OH is 1. The topological polar surface area (TPSA) is 45.3 Å². The highest BCUT2D eigenvalue weighted by molar-refractivity contribution is 4.78. The van der Waals surface area contributed by atoms with Gasteiger partial charge in [-0.25, -0.2) is 0 Å². The van der Waals surface area contributed by atoms with Crippen molar-refractivity contribution >= 4 is 0 Å². The third kappa shape index (κ3) is 3.70. The van der Waals surface area contributed by atoms with Gasteiger partial charge in [0.05, 0.1) is 25.4 Å². The lowest BCUT2D eigenvalue weighted by molar-refractivity contribution is 0.242. The van der Waals surface area contributed by atoms with Crippen molar-refractivity contribution in [2.45, 2.75) is 38.6 Å². The summed E-state index contributed by atoms with van der Waals surface area (Å²) < 4.78 is 9.67. The molecule has 0 saturated carbocycles. The van der Waals surface area contributed by atoms with Crippen molar-refractivity contribution in [3.63, 3.8) is 0 Å². The minimum absolute atomic E-state index is 0.157. The van der Waals surface area contributed by atoms with Crippen LogP contribution in [0.2, 0.25) is 0 Å². The van der Waals surface area contributed by atoms with E-state index in [0.29, 0.717) is 12.2 Å². The van der Waals surface area contributed by atoms with E-state index >= 15 is 0 Å². The fraction of sp³-hybridized carbons (Fsp3) is 1.00. The third-order valence-electron chi connectivity index (χ3n) is 1.87. The van der Waals surface area contributed by atoms with Crippen molar-refractivity contribution in [1.82, 2.24) is 0 Å². The Hall–Kier alpha value is -0.120. The van der Waals surface area contributed by atoms with Crippen LogP contribution >= 0.6 is 0 Å². The predicted octanol–water partition coefficient (Wildman–Crippen LogP) is 0.561. The van der Waals surface area contributed by atoms with Crippen LogP contribution in [0.25, 0.3) is 0 Å². The van der Waals surface area contributed by atoms with Crippen molar-refractivity contribution in [3.05, 3.63) is 0 Å². The molecule has 1 N–H and O–H groups in total. The van der Waals surface area contributed by atoms with Crippen LogP contribution in [0.1, 0.15) is 20.3 Å². The average Bonchev–Trinajstić information content (AvgIpc) is 2.82. The SMILES string of the molecule is CC1OC1CO.CCC1CO1. The summed E-state index contributed by atoms with van der Waals surface area (Å²) in [6.45, 7) is 5.27. The fourth-order valence-corrected chi connectivity index (χ4v) is 0.726. The molecule has 66 valence electrons. The molecule has 2 aliphatic rings. The van der Waals surface area contributed by atoms with Crippen LogP contribution in [0.15, 0.2) is 0 Å². The molecule has 2 fully saturated rings. The predicted molar refractivity (Wildman–Crippen MR) is 41.5 cm³/mol. The Morgan fingerprint density at radius 1 is 1.55 bits per heavy atom. The number of rotatable bonds is 2. The molecule has 3 heteroatoms. The van der Waals surface area contributed by atoms with Gasteiger partial charge in [0, 0.05) is 0 Å². The normalized spacial score (nSPS) is 39.0. The molecule has 0 aromatic rings. The van der Waals surface area contributed by atoms with Gasteiger partial charge >= 0.3 is 0 Å². The van der Waals surface area contributed by atoms with Crippen molar-refractivity contribution in [3.8, 4) is 0 Å². The summed E-state index contributed by atoms with van der Waals surface area (Å²) >= 11 is 0. The lowest BCUT2D eigenvalue weighted by Gasteiger charge is -1.73. The molecule has 0 aliphatic carbocycles. The minimum atomic E-state index is 0.157. The van der Waals surface area contributed by atoms with Gasteiger partial charge in [0.2, 0.25) is 0 Å². The van der Waals surface area contributed by atoms with Crippen LogP contribution in [0.3, 0.4) is 0 Å². The van der Waals surface area contributed by atoms with Crippen LogP contribution < -0.4 is 0 Å². The van der Waals surface area contributed by atoms with Crippen LogP contribution in [0.5, 0.6) is 0 Å². The van der Waals surface area contributed by atoms with Gasteiger partial charge in [-0.15, -0.1) is 0 Å². The third-order valence-corrected chi connectivity index (χ3v) is 1.87. The lowest BCUT2D eigenvalue weighted by atomic mass is 10.4. The first-order chi connectivity index (χ1) is 5.27. The van der Waals surface area contributed by atoms with E-state index in [1.165, 1.54) is 6.42 Å². The molecule has 0 bridgehead atoms. The first-order valence-corrected chi connectivity index (χ1v) is 4.15. The molecule has 0 radical (unpaired) electrons. The van der Waals surface area contributed by atoms with Crippen molar-refractivity contribution in [2.24, 2.45) is 0 Å². The lowest BCUT2D eigenvalue weighted by Crippen LogP contribution is -1.93. The summed E-state index contributed by atoms with van der Waals surface area (Å²) in [5, 5.41) is 8.25. The van der Waals surface area contributed by atoms with Gasteiger partial charge < -0.3 is 14.6 Å². The Bertz CT molecular complexity index is 110. The van der Waals surface area contributed by atoms with E-state index in [2.05, 4.69) is 6.92 Å². The summed E-state index contributed by atoms with van der Waals surface area (Å²) in [6.07, 6.45) is 2.30. The summed E-state index contributed by atoms with van der Waals surface area (Å²) in [4.78, 5) is 0. The number of epoxide rings is 2. The molecule has 2 rings (SSSR count). The highest BCUT2D eigenvalue weighted by atomic mass is 16.6. The van der Waals surface area contributed by atoms with Gasteiger partial charge in [0.15, 0.2) is 0 Å².